The maximum absolute atomic E-state index is 11.2. The number of nitrogens with zero attached hydrogens (tertiary/aromatic N) is 1. The molecule has 0 radical (unpaired) electrons. The maximum Gasteiger partial charge on any atom is 0.346 e. The molecular formula is C9H11N3O3. The monoisotopic (exact) mass is 209 g/mol. The summed E-state index contributed by atoms with van der Waals surface area (Å²) in [6, 6.07) is 1.47. The van der Waals surface area contributed by atoms with Crippen molar-refractivity contribution in [2.24, 2.45) is 0 Å². The number of nitrogens with one attached hydrogen (secondary N) is 2. The fourth-order valence-corrected chi connectivity index (χ4v) is 0.944. The van der Waals surface area contributed by atoms with Crippen molar-refractivity contribution in [2.75, 3.05) is 5.32 Å². The van der Waals surface area contributed by atoms with Gasteiger partial charge in [0.2, 0.25) is 5.91 Å². The minimum atomic E-state index is -0.528. The van der Waals surface area contributed by atoms with Crippen LogP contribution in [-0.4, -0.2) is 21.7 Å². The maximum atomic E-state index is 11.2. The Hall–Kier alpha value is -1.98. The molecule has 6 nitrogen and oxygen atoms in total. The molecule has 0 unspecified atom stereocenters. The van der Waals surface area contributed by atoms with Gasteiger partial charge in [-0.15, -0.1) is 0 Å². The lowest BCUT2D eigenvalue weighted by Crippen LogP contribution is -2.17. The number of ketones is 1. The van der Waals surface area contributed by atoms with Crippen LogP contribution in [0.15, 0.2) is 17.1 Å². The van der Waals surface area contributed by atoms with Gasteiger partial charge >= 0.3 is 5.69 Å². The second-order valence-corrected chi connectivity index (χ2v) is 3.04. The Morgan fingerprint density at radius 2 is 2.20 bits per heavy atom. The van der Waals surface area contributed by atoms with E-state index in [2.05, 4.69) is 15.3 Å². The van der Waals surface area contributed by atoms with Gasteiger partial charge in [-0.25, -0.2) is 9.78 Å². The number of Topliss-reactive ketones (excluding diaryl/α,β-unsaturated/α-hetero) is 1. The second-order valence-electron chi connectivity index (χ2n) is 3.04. The van der Waals surface area contributed by atoms with Crippen molar-refractivity contribution in [2.45, 2.75) is 19.8 Å². The normalized spacial score (nSPS) is 9.67. The molecule has 0 aromatic carbocycles. The Balaban J connectivity index is 2.51. The molecule has 0 aliphatic heterocycles. The zero-order valence-corrected chi connectivity index (χ0v) is 8.24. The van der Waals surface area contributed by atoms with Crippen molar-refractivity contribution in [3.8, 4) is 0 Å². The summed E-state index contributed by atoms with van der Waals surface area (Å²) in [7, 11) is 0. The van der Waals surface area contributed by atoms with Gasteiger partial charge in [-0.05, 0) is 13.0 Å². The van der Waals surface area contributed by atoms with Gasteiger partial charge in [0.05, 0.1) is 0 Å². The van der Waals surface area contributed by atoms with Gasteiger partial charge in [0, 0.05) is 19.0 Å². The lowest BCUT2D eigenvalue weighted by molar-refractivity contribution is -0.121. The number of aromatic nitrogens is 2. The molecule has 80 valence electrons. The highest BCUT2D eigenvalue weighted by atomic mass is 16.2. The standard InChI is InChI=1S/C9H11N3O3/c1-6(13)2-3-8(14)11-7-4-5-10-9(15)12-7/h4-5H,2-3H2,1H3,(H2,10,11,12,14,15). The van der Waals surface area contributed by atoms with Crippen LogP contribution in [0, 0.1) is 0 Å². The first-order valence-electron chi connectivity index (χ1n) is 4.42. The minimum Gasteiger partial charge on any atom is -0.312 e. The summed E-state index contributed by atoms with van der Waals surface area (Å²) < 4.78 is 0. The van der Waals surface area contributed by atoms with Gasteiger partial charge in [0.1, 0.15) is 11.6 Å². The summed E-state index contributed by atoms with van der Waals surface area (Å²) in [5, 5.41) is 2.45. The molecule has 1 amide bonds. The lowest BCUT2D eigenvalue weighted by atomic mass is 10.2. The van der Waals surface area contributed by atoms with Crippen LogP contribution in [0.5, 0.6) is 0 Å². The van der Waals surface area contributed by atoms with E-state index in [0.717, 1.165) is 0 Å². The quantitative estimate of drug-likeness (QED) is 0.734. The van der Waals surface area contributed by atoms with E-state index in [1.165, 1.54) is 19.2 Å². The van der Waals surface area contributed by atoms with Crippen molar-refractivity contribution >= 4 is 17.5 Å². The number of H-pyrrole nitrogens is 1. The van der Waals surface area contributed by atoms with Gasteiger partial charge in [0.15, 0.2) is 0 Å². The largest absolute Gasteiger partial charge is 0.346 e. The van der Waals surface area contributed by atoms with Crippen LogP contribution in [0.4, 0.5) is 5.82 Å². The number of carbonyl (C=O) groups excluding carboxylic acids is 2. The van der Waals surface area contributed by atoms with Crippen molar-refractivity contribution < 1.29 is 9.59 Å². The van der Waals surface area contributed by atoms with E-state index >= 15 is 0 Å². The molecule has 1 rings (SSSR count). The zero-order valence-electron chi connectivity index (χ0n) is 8.24. The number of hydrogen-bond acceptors (Lipinski definition) is 4. The van der Waals surface area contributed by atoms with Crippen LogP contribution in [-0.2, 0) is 9.59 Å². The molecule has 2 N–H and O–H groups in total. The number of rotatable bonds is 4. The molecule has 1 heterocycles. The van der Waals surface area contributed by atoms with Crippen LogP contribution < -0.4 is 11.0 Å². The molecule has 0 fully saturated rings. The number of hydrogen-bond donors (Lipinski definition) is 2. The molecule has 1 aromatic heterocycles. The molecule has 15 heavy (non-hydrogen) atoms. The van der Waals surface area contributed by atoms with Gasteiger partial charge < -0.3 is 10.1 Å². The zero-order chi connectivity index (χ0) is 11.3. The summed E-state index contributed by atoms with van der Waals surface area (Å²) in [6.07, 6.45) is 1.60. The van der Waals surface area contributed by atoms with E-state index in [1.807, 2.05) is 0 Å². The Kier molecular flexibility index (Phi) is 3.73. The van der Waals surface area contributed by atoms with Crippen molar-refractivity contribution in [3.05, 3.63) is 22.7 Å². The first-order valence-corrected chi connectivity index (χ1v) is 4.42. The summed E-state index contributed by atoms with van der Waals surface area (Å²) in [5.74, 6) is -0.0797. The van der Waals surface area contributed by atoms with E-state index in [0.29, 0.717) is 0 Å². The van der Waals surface area contributed by atoms with Crippen molar-refractivity contribution in [1.82, 2.24) is 9.97 Å². The van der Waals surface area contributed by atoms with Gasteiger partial charge in [-0.3, -0.25) is 9.78 Å². The molecule has 0 bridgehead atoms. The predicted octanol–water partition coefficient (Wildman–Crippen LogP) is 0.0776. The Labute approximate surface area is 85.7 Å². The number of amides is 1. The minimum absolute atomic E-state index is 0.0478. The van der Waals surface area contributed by atoms with Crippen LogP contribution in [0.25, 0.3) is 0 Å². The van der Waals surface area contributed by atoms with Crippen LogP contribution >= 0.6 is 0 Å². The van der Waals surface area contributed by atoms with E-state index < -0.39 is 5.69 Å². The number of aromatic amines is 1. The first kappa shape index (κ1) is 11.1. The summed E-state index contributed by atoms with van der Waals surface area (Å²) in [6.45, 7) is 1.42. The molecule has 0 aliphatic rings. The van der Waals surface area contributed by atoms with Crippen LogP contribution in [0.1, 0.15) is 19.8 Å². The van der Waals surface area contributed by atoms with E-state index in [-0.39, 0.29) is 30.3 Å². The van der Waals surface area contributed by atoms with Gasteiger partial charge in [-0.1, -0.05) is 0 Å². The predicted molar refractivity (Wildman–Crippen MR) is 53.4 cm³/mol. The molecule has 6 heteroatoms. The van der Waals surface area contributed by atoms with E-state index in [1.54, 1.807) is 0 Å². The molecular weight excluding hydrogens is 198 g/mol. The molecule has 0 spiro atoms. The average molecular weight is 209 g/mol. The molecule has 0 atom stereocenters. The van der Waals surface area contributed by atoms with Gasteiger partial charge in [0.25, 0.3) is 0 Å². The van der Waals surface area contributed by atoms with Crippen LogP contribution in [0.2, 0.25) is 0 Å². The third-order valence-electron chi connectivity index (χ3n) is 1.65. The second kappa shape index (κ2) is 5.04. The molecule has 0 saturated carbocycles. The highest BCUT2D eigenvalue weighted by molar-refractivity contribution is 5.92. The highest BCUT2D eigenvalue weighted by Crippen LogP contribution is 1.99. The topological polar surface area (TPSA) is 91.9 Å². The fraction of sp³-hybridized carbons (Fsp3) is 0.333. The van der Waals surface area contributed by atoms with Crippen molar-refractivity contribution in [1.29, 1.82) is 0 Å². The van der Waals surface area contributed by atoms with Crippen molar-refractivity contribution in [3.63, 3.8) is 0 Å². The Morgan fingerprint density at radius 3 is 2.80 bits per heavy atom. The van der Waals surface area contributed by atoms with Crippen LogP contribution in [0.3, 0.4) is 0 Å². The number of anilines is 1. The van der Waals surface area contributed by atoms with Gasteiger partial charge in [-0.2, -0.15) is 0 Å². The third-order valence-corrected chi connectivity index (χ3v) is 1.65. The first-order chi connectivity index (χ1) is 7.08. The number of carbonyl (C=O) groups is 2. The highest BCUT2D eigenvalue weighted by Gasteiger charge is 2.04. The SMILES string of the molecule is CC(=O)CCC(=O)Nc1ccnc(=O)[nH]1. The fourth-order valence-electron chi connectivity index (χ4n) is 0.944. The van der Waals surface area contributed by atoms with E-state index in [4.69, 9.17) is 0 Å². The summed E-state index contributed by atoms with van der Waals surface area (Å²) in [5.41, 5.74) is -0.528. The Bertz CT molecular complexity index is 425. The van der Waals surface area contributed by atoms with E-state index in [9.17, 15) is 14.4 Å². The smallest absolute Gasteiger partial charge is 0.312 e. The Morgan fingerprint density at radius 1 is 1.47 bits per heavy atom. The average Bonchev–Trinajstić information content (AvgIpc) is 2.15. The lowest BCUT2D eigenvalue weighted by Gasteiger charge is -2.02. The molecule has 1 aromatic rings. The molecule has 0 aliphatic carbocycles. The summed E-state index contributed by atoms with van der Waals surface area (Å²) in [4.78, 5) is 38.3. The molecule has 0 saturated heterocycles. The summed E-state index contributed by atoms with van der Waals surface area (Å²) >= 11 is 0. The third kappa shape index (κ3) is 4.17.